The molecule has 9 nitrogen and oxygen atoms in total. The van der Waals surface area contributed by atoms with Crippen molar-refractivity contribution in [2.45, 2.75) is 77.0 Å². The number of anilines is 1. The fourth-order valence-electron chi connectivity index (χ4n) is 7.30. The van der Waals surface area contributed by atoms with Crippen LogP contribution in [0, 0.1) is 10.3 Å². The molecule has 1 atom stereocenters. The molecule has 9 heteroatoms. The quantitative estimate of drug-likeness (QED) is 0.391. The highest BCUT2D eigenvalue weighted by Gasteiger charge is 2.39. The number of amides is 2. The second-order valence-electron chi connectivity index (χ2n) is 12.6. The zero-order valence-electron chi connectivity index (χ0n) is 25.8. The Labute approximate surface area is 255 Å². The third kappa shape index (κ3) is 6.93. The molecule has 2 aromatic rings. The summed E-state index contributed by atoms with van der Waals surface area (Å²) in [5.74, 6) is -0.0802. The number of methoxy groups -OCH3 is 1. The molecule has 0 bridgehead atoms. The number of fused-ring (bicyclic) bond motifs is 1. The fraction of sp³-hybridized carbons (Fsp3) is 0.588. The molecule has 1 saturated heterocycles. The van der Waals surface area contributed by atoms with E-state index < -0.39 is 6.04 Å². The largest absolute Gasteiger partial charge is 0.381 e. The van der Waals surface area contributed by atoms with Crippen LogP contribution < -0.4 is 10.6 Å². The number of benzene rings is 2. The van der Waals surface area contributed by atoms with Gasteiger partial charge in [-0.3, -0.25) is 9.59 Å². The maximum atomic E-state index is 13.8. The first-order chi connectivity index (χ1) is 20.9. The third-order valence-electron chi connectivity index (χ3n) is 10.2. The van der Waals surface area contributed by atoms with Crippen molar-refractivity contribution in [2.75, 3.05) is 51.3 Å². The monoisotopic (exact) mass is 589 g/mol. The van der Waals surface area contributed by atoms with Crippen LogP contribution >= 0.6 is 0 Å². The van der Waals surface area contributed by atoms with Crippen molar-refractivity contribution in [3.63, 3.8) is 0 Å². The molecular formula is C34H47N5O4. The number of carbonyl (C=O) groups excluding carboxylic acids is 2. The van der Waals surface area contributed by atoms with Crippen LogP contribution in [0.5, 0.6) is 0 Å². The summed E-state index contributed by atoms with van der Waals surface area (Å²) in [4.78, 5) is 45.1. The molecule has 1 spiro atoms. The SMILES string of the molecule is CCN1CCN(CC(CCc2ccccc2CN)N=O)C(=O)c2ccc(C(=O)N3CCC4(CCC(OC)CC4)CC3)cc21. The number of piperidine rings is 1. The van der Waals surface area contributed by atoms with Gasteiger partial charge in [-0.2, -0.15) is 4.91 Å². The molecule has 1 aliphatic carbocycles. The Bertz CT molecular complexity index is 1280. The van der Waals surface area contributed by atoms with Gasteiger partial charge in [0.05, 0.1) is 17.4 Å². The lowest BCUT2D eigenvalue weighted by Crippen LogP contribution is -2.45. The van der Waals surface area contributed by atoms with Crippen LogP contribution in [0.25, 0.3) is 0 Å². The Balaban J connectivity index is 1.25. The van der Waals surface area contributed by atoms with E-state index in [4.69, 9.17) is 10.5 Å². The van der Waals surface area contributed by atoms with E-state index in [9.17, 15) is 14.5 Å². The fourth-order valence-corrected chi connectivity index (χ4v) is 7.30. The number of nitrogens with two attached hydrogens (primary N) is 1. The summed E-state index contributed by atoms with van der Waals surface area (Å²) in [5, 5.41) is 3.40. The van der Waals surface area contributed by atoms with Crippen LogP contribution in [-0.4, -0.2) is 80.1 Å². The summed E-state index contributed by atoms with van der Waals surface area (Å²) in [6, 6.07) is 12.9. The predicted molar refractivity (Wildman–Crippen MR) is 169 cm³/mol. The summed E-state index contributed by atoms with van der Waals surface area (Å²) in [6.07, 6.45) is 8.27. The predicted octanol–water partition coefficient (Wildman–Crippen LogP) is 5.01. The maximum absolute atomic E-state index is 13.8. The van der Waals surface area contributed by atoms with E-state index >= 15 is 0 Å². The molecule has 2 heterocycles. The van der Waals surface area contributed by atoms with Gasteiger partial charge in [0.1, 0.15) is 6.04 Å². The minimum atomic E-state index is -0.515. The molecule has 3 aliphatic rings. The van der Waals surface area contributed by atoms with Gasteiger partial charge in [0.15, 0.2) is 0 Å². The molecule has 1 saturated carbocycles. The summed E-state index contributed by atoms with van der Waals surface area (Å²) in [5.41, 5.74) is 10.4. The summed E-state index contributed by atoms with van der Waals surface area (Å²) < 4.78 is 5.57. The van der Waals surface area contributed by atoms with Crippen LogP contribution in [0.4, 0.5) is 5.69 Å². The van der Waals surface area contributed by atoms with Crippen molar-refractivity contribution < 1.29 is 14.3 Å². The minimum Gasteiger partial charge on any atom is -0.381 e. The first kappa shape index (κ1) is 31.1. The number of carbonyl (C=O) groups is 2. The zero-order chi connectivity index (χ0) is 30.4. The van der Waals surface area contributed by atoms with Gasteiger partial charge >= 0.3 is 0 Å². The van der Waals surface area contributed by atoms with Crippen molar-refractivity contribution >= 4 is 17.5 Å². The molecular weight excluding hydrogens is 542 g/mol. The molecule has 43 heavy (non-hydrogen) atoms. The average molecular weight is 590 g/mol. The van der Waals surface area contributed by atoms with Crippen molar-refractivity contribution in [1.82, 2.24) is 9.80 Å². The maximum Gasteiger partial charge on any atom is 0.256 e. The second-order valence-corrected chi connectivity index (χ2v) is 12.6. The number of likely N-dealkylation sites (tertiary alicyclic amines) is 1. The van der Waals surface area contributed by atoms with Gasteiger partial charge in [-0.05, 0) is 93.0 Å². The summed E-state index contributed by atoms with van der Waals surface area (Å²) in [6.45, 7) is 6.16. The molecule has 232 valence electrons. The van der Waals surface area contributed by atoms with Gasteiger partial charge in [0.25, 0.3) is 11.8 Å². The van der Waals surface area contributed by atoms with E-state index in [2.05, 4.69) is 17.0 Å². The van der Waals surface area contributed by atoms with E-state index in [0.717, 1.165) is 55.6 Å². The topological polar surface area (TPSA) is 109 Å². The Morgan fingerprint density at radius 2 is 1.72 bits per heavy atom. The van der Waals surface area contributed by atoms with E-state index in [-0.39, 0.29) is 18.4 Å². The average Bonchev–Trinajstić information content (AvgIpc) is 3.18. The highest BCUT2D eigenvalue weighted by Crippen LogP contribution is 2.45. The minimum absolute atomic E-state index is 0.0378. The van der Waals surface area contributed by atoms with Gasteiger partial charge < -0.3 is 25.2 Å². The Morgan fingerprint density at radius 3 is 2.37 bits per heavy atom. The number of hydrogen-bond acceptors (Lipinski definition) is 7. The number of rotatable bonds is 10. The smallest absolute Gasteiger partial charge is 0.256 e. The first-order valence-electron chi connectivity index (χ1n) is 16.0. The Hall–Kier alpha value is -3.30. The van der Waals surface area contributed by atoms with Crippen LogP contribution in [-0.2, 0) is 17.7 Å². The molecule has 2 aliphatic heterocycles. The molecule has 2 N–H and O–H groups in total. The molecule has 0 aromatic heterocycles. The van der Waals surface area contributed by atoms with E-state index in [1.165, 1.54) is 12.8 Å². The van der Waals surface area contributed by atoms with Gasteiger partial charge in [0, 0.05) is 58.5 Å². The van der Waals surface area contributed by atoms with Crippen molar-refractivity contribution in [1.29, 1.82) is 0 Å². The van der Waals surface area contributed by atoms with Gasteiger partial charge in [0.2, 0.25) is 0 Å². The van der Waals surface area contributed by atoms with Gasteiger partial charge in [-0.25, -0.2) is 0 Å². The molecule has 1 unspecified atom stereocenters. The summed E-state index contributed by atoms with van der Waals surface area (Å²) >= 11 is 0. The number of aryl methyl sites for hydroxylation is 1. The second kappa shape index (κ2) is 14.0. The molecule has 2 fully saturated rings. The van der Waals surface area contributed by atoms with E-state index in [0.29, 0.717) is 61.7 Å². The highest BCUT2D eigenvalue weighted by molar-refractivity contribution is 6.03. The number of nitroso groups, excluding NO2 is 1. The molecule has 0 radical (unpaired) electrons. The van der Waals surface area contributed by atoms with Crippen LogP contribution in [0.3, 0.4) is 0 Å². The van der Waals surface area contributed by atoms with Crippen molar-refractivity contribution in [2.24, 2.45) is 16.3 Å². The highest BCUT2D eigenvalue weighted by atomic mass is 16.5. The van der Waals surface area contributed by atoms with Gasteiger partial charge in [-0.1, -0.05) is 29.4 Å². The molecule has 2 amide bonds. The number of nitrogens with zero attached hydrogens (tertiary/aromatic N) is 4. The van der Waals surface area contributed by atoms with Crippen LogP contribution in [0.15, 0.2) is 47.6 Å². The van der Waals surface area contributed by atoms with Crippen molar-refractivity contribution in [3.8, 4) is 0 Å². The summed E-state index contributed by atoms with van der Waals surface area (Å²) in [7, 11) is 1.81. The van der Waals surface area contributed by atoms with E-state index in [1.54, 1.807) is 24.1 Å². The van der Waals surface area contributed by atoms with E-state index in [1.807, 2.05) is 35.2 Å². The van der Waals surface area contributed by atoms with Crippen molar-refractivity contribution in [3.05, 3.63) is 69.6 Å². The Kier molecular flexibility index (Phi) is 10.1. The van der Waals surface area contributed by atoms with Gasteiger partial charge in [-0.15, -0.1) is 0 Å². The number of ether oxygens (including phenoxy) is 1. The normalized spacial score (nSPS) is 19.7. The lowest BCUT2D eigenvalue weighted by molar-refractivity contribution is -0.00129. The lowest BCUT2D eigenvalue weighted by Gasteiger charge is -2.45. The molecule has 5 rings (SSSR count). The van der Waals surface area contributed by atoms with Crippen LogP contribution in [0.2, 0.25) is 0 Å². The van der Waals surface area contributed by atoms with Crippen LogP contribution in [0.1, 0.15) is 83.7 Å². The first-order valence-corrected chi connectivity index (χ1v) is 16.0. The standard InChI is InChI=1S/C34H47N5O4/c1-3-37-20-21-39(24-28(36-42)10-8-25-6-4-5-7-27(25)23-35)33(41)30-11-9-26(22-31(30)37)32(40)38-18-16-34(17-19-38)14-12-29(43-2)13-15-34/h4-7,9,11,22,28-29H,3,8,10,12-21,23-24,35H2,1-2H3. The zero-order valence-corrected chi connectivity index (χ0v) is 25.8. The third-order valence-corrected chi connectivity index (χ3v) is 10.2. The Morgan fingerprint density at radius 1 is 1.02 bits per heavy atom. The number of likely N-dealkylation sites (N-methyl/N-ethyl adjacent to an activating group) is 1. The number of hydrogen-bond donors (Lipinski definition) is 1. The lowest BCUT2D eigenvalue weighted by atomic mass is 9.67. The molecule has 2 aromatic carbocycles.